The van der Waals surface area contributed by atoms with E-state index in [0.29, 0.717) is 5.56 Å². The average Bonchev–Trinajstić information content (AvgIpc) is 2.66. The maximum atomic E-state index is 12.9. The molecule has 0 atom stereocenters. The third-order valence-electron chi connectivity index (χ3n) is 4.40. The molecule has 0 heterocycles. The Bertz CT molecular complexity index is 1180. The molecule has 0 aliphatic heterocycles. The molecule has 0 spiro atoms. The standard InChI is InChI=1S/C20H13NO4S/c21-17-10-15-16(20(23)14-9-5-4-8-13(14)19(15)22)11-18(17)26(24,25)12-6-2-1-3-7-12/h1-11H,21H2. The van der Waals surface area contributed by atoms with Crippen molar-refractivity contribution in [2.45, 2.75) is 9.79 Å². The SMILES string of the molecule is Nc1cc2c(cc1S(=O)(=O)c1ccccc1)C(=O)c1ccccc1C2=O. The highest BCUT2D eigenvalue weighted by molar-refractivity contribution is 7.91. The Morgan fingerprint density at radius 3 is 1.73 bits per heavy atom. The van der Waals surface area contributed by atoms with Crippen LogP contribution in [0, 0.1) is 0 Å². The maximum absolute atomic E-state index is 12.9. The third kappa shape index (κ3) is 2.27. The minimum Gasteiger partial charge on any atom is -0.398 e. The van der Waals surface area contributed by atoms with Gasteiger partial charge in [0.05, 0.1) is 15.5 Å². The van der Waals surface area contributed by atoms with Gasteiger partial charge in [-0.1, -0.05) is 42.5 Å². The van der Waals surface area contributed by atoms with Crippen LogP contribution in [0.5, 0.6) is 0 Å². The number of nitrogens with two attached hydrogens (primary N) is 1. The van der Waals surface area contributed by atoms with Crippen LogP contribution in [0.4, 0.5) is 5.69 Å². The Morgan fingerprint density at radius 2 is 1.15 bits per heavy atom. The summed E-state index contributed by atoms with van der Waals surface area (Å²) in [6, 6.07) is 16.8. The smallest absolute Gasteiger partial charge is 0.208 e. The van der Waals surface area contributed by atoms with E-state index in [2.05, 4.69) is 0 Å². The molecule has 0 bridgehead atoms. The number of sulfone groups is 1. The van der Waals surface area contributed by atoms with Crippen LogP contribution in [0.1, 0.15) is 31.8 Å². The zero-order valence-corrected chi connectivity index (χ0v) is 14.3. The molecule has 1 aliphatic carbocycles. The molecule has 0 aromatic heterocycles. The van der Waals surface area contributed by atoms with Crippen LogP contribution in [0.2, 0.25) is 0 Å². The second kappa shape index (κ2) is 5.64. The lowest BCUT2D eigenvalue weighted by Crippen LogP contribution is -2.22. The lowest BCUT2D eigenvalue weighted by Gasteiger charge is -2.19. The van der Waals surface area contributed by atoms with Gasteiger partial charge in [0.2, 0.25) is 9.84 Å². The molecule has 1 aliphatic rings. The number of hydrogen-bond acceptors (Lipinski definition) is 5. The number of benzene rings is 3. The molecule has 3 aromatic carbocycles. The summed E-state index contributed by atoms with van der Waals surface area (Å²) in [6.07, 6.45) is 0. The largest absolute Gasteiger partial charge is 0.398 e. The van der Waals surface area contributed by atoms with E-state index in [4.69, 9.17) is 5.73 Å². The monoisotopic (exact) mass is 363 g/mol. The first kappa shape index (κ1) is 16.2. The summed E-state index contributed by atoms with van der Waals surface area (Å²) in [6.45, 7) is 0. The lowest BCUT2D eigenvalue weighted by molar-refractivity contribution is 0.0979. The van der Waals surface area contributed by atoms with Gasteiger partial charge in [0.15, 0.2) is 11.6 Å². The van der Waals surface area contributed by atoms with Gasteiger partial charge in [0.25, 0.3) is 0 Å². The van der Waals surface area contributed by atoms with Crippen molar-refractivity contribution in [2.75, 3.05) is 5.73 Å². The quantitative estimate of drug-likeness (QED) is 0.553. The van der Waals surface area contributed by atoms with Crippen LogP contribution in [0.3, 0.4) is 0 Å². The van der Waals surface area contributed by atoms with Crippen molar-refractivity contribution in [3.8, 4) is 0 Å². The fourth-order valence-corrected chi connectivity index (χ4v) is 4.51. The van der Waals surface area contributed by atoms with Gasteiger partial charge in [0, 0.05) is 22.3 Å². The van der Waals surface area contributed by atoms with Crippen molar-refractivity contribution in [1.82, 2.24) is 0 Å². The zero-order chi connectivity index (χ0) is 18.5. The van der Waals surface area contributed by atoms with Gasteiger partial charge in [-0.25, -0.2) is 8.42 Å². The molecule has 4 rings (SSSR count). The second-order valence-corrected chi connectivity index (χ2v) is 7.87. The first-order valence-corrected chi connectivity index (χ1v) is 9.31. The Morgan fingerprint density at radius 1 is 0.654 bits per heavy atom. The van der Waals surface area contributed by atoms with Crippen molar-refractivity contribution < 1.29 is 18.0 Å². The summed E-state index contributed by atoms with van der Waals surface area (Å²) in [5.41, 5.74) is 6.62. The van der Waals surface area contributed by atoms with E-state index in [-0.39, 0.29) is 43.7 Å². The summed E-state index contributed by atoms with van der Waals surface area (Å²) in [5, 5.41) is 0. The number of rotatable bonds is 2. The van der Waals surface area contributed by atoms with E-state index in [1.807, 2.05) is 0 Å². The van der Waals surface area contributed by atoms with Gasteiger partial charge in [-0.15, -0.1) is 0 Å². The average molecular weight is 363 g/mol. The molecule has 26 heavy (non-hydrogen) atoms. The first-order chi connectivity index (χ1) is 12.4. The molecular formula is C20H13NO4S. The molecule has 0 amide bonds. The molecule has 0 unspecified atom stereocenters. The Kier molecular flexibility index (Phi) is 3.52. The van der Waals surface area contributed by atoms with Crippen molar-refractivity contribution in [3.63, 3.8) is 0 Å². The van der Waals surface area contributed by atoms with E-state index in [9.17, 15) is 18.0 Å². The highest BCUT2D eigenvalue weighted by Crippen LogP contribution is 2.34. The van der Waals surface area contributed by atoms with Crippen LogP contribution in [0.15, 0.2) is 76.5 Å². The molecule has 3 aromatic rings. The summed E-state index contributed by atoms with van der Waals surface area (Å²) in [7, 11) is -3.91. The fourth-order valence-electron chi connectivity index (χ4n) is 3.10. The minimum absolute atomic E-state index is 0.0532. The van der Waals surface area contributed by atoms with E-state index in [1.54, 1.807) is 42.5 Å². The van der Waals surface area contributed by atoms with Gasteiger partial charge in [-0.2, -0.15) is 0 Å². The van der Waals surface area contributed by atoms with Gasteiger partial charge in [0.1, 0.15) is 0 Å². The third-order valence-corrected chi connectivity index (χ3v) is 6.22. The molecule has 0 radical (unpaired) electrons. The van der Waals surface area contributed by atoms with Gasteiger partial charge < -0.3 is 5.73 Å². The highest BCUT2D eigenvalue weighted by Gasteiger charge is 2.32. The number of carbonyl (C=O) groups is 2. The predicted molar refractivity (Wildman–Crippen MR) is 96.1 cm³/mol. The molecule has 5 nitrogen and oxygen atoms in total. The van der Waals surface area contributed by atoms with Crippen molar-refractivity contribution >= 4 is 27.1 Å². The van der Waals surface area contributed by atoms with Crippen LogP contribution in [-0.2, 0) is 9.84 Å². The van der Waals surface area contributed by atoms with E-state index >= 15 is 0 Å². The normalized spacial score (nSPS) is 13.2. The second-order valence-electron chi connectivity index (χ2n) is 5.96. The molecule has 0 saturated heterocycles. The van der Waals surface area contributed by atoms with Crippen LogP contribution >= 0.6 is 0 Å². The predicted octanol–water partition coefficient (Wildman–Crippen LogP) is 2.88. The zero-order valence-electron chi connectivity index (χ0n) is 13.5. The number of fused-ring (bicyclic) bond motifs is 2. The summed E-state index contributed by atoms with van der Waals surface area (Å²) in [4.78, 5) is 25.4. The number of anilines is 1. The topological polar surface area (TPSA) is 94.3 Å². The van der Waals surface area contributed by atoms with E-state index in [0.717, 1.165) is 0 Å². The van der Waals surface area contributed by atoms with Crippen molar-refractivity contribution in [1.29, 1.82) is 0 Å². The lowest BCUT2D eigenvalue weighted by atomic mass is 9.84. The minimum atomic E-state index is -3.91. The van der Waals surface area contributed by atoms with Crippen molar-refractivity contribution in [3.05, 3.63) is 89.0 Å². The number of hydrogen-bond donors (Lipinski definition) is 1. The summed E-state index contributed by atoms with van der Waals surface area (Å²) >= 11 is 0. The van der Waals surface area contributed by atoms with Gasteiger partial charge >= 0.3 is 0 Å². The molecule has 128 valence electrons. The van der Waals surface area contributed by atoms with Crippen molar-refractivity contribution in [2.24, 2.45) is 0 Å². The maximum Gasteiger partial charge on any atom is 0.208 e. The van der Waals surface area contributed by atoms with Crippen LogP contribution in [0.25, 0.3) is 0 Å². The fraction of sp³-hybridized carbons (Fsp3) is 0. The highest BCUT2D eigenvalue weighted by atomic mass is 32.2. The van der Waals surface area contributed by atoms with Crippen LogP contribution < -0.4 is 5.73 Å². The molecule has 6 heteroatoms. The number of carbonyl (C=O) groups excluding carboxylic acids is 2. The number of nitrogen functional groups attached to an aromatic ring is 1. The molecular weight excluding hydrogens is 350 g/mol. The molecule has 0 saturated carbocycles. The van der Waals surface area contributed by atoms with Gasteiger partial charge in [-0.3, -0.25) is 9.59 Å². The number of ketones is 2. The Labute approximate surface area is 150 Å². The van der Waals surface area contributed by atoms with E-state index < -0.39 is 9.84 Å². The Hall–Kier alpha value is -3.25. The summed E-state index contributed by atoms with van der Waals surface area (Å²) in [5.74, 6) is -0.731. The molecule has 2 N–H and O–H groups in total. The first-order valence-electron chi connectivity index (χ1n) is 7.83. The summed E-state index contributed by atoms with van der Waals surface area (Å²) < 4.78 is 25.8. The van der Waals surface area contributed by atoms with E-state index in [1.165, 1.54) is 24.3 Å². The van der Waals surface area contributed by atoms with Crippen LogP contribution in [-0.4, -0.2) is 20.0 Å². The Balaban J connectivity index is 1.95. The molecule has 0 fully saturated rings. The van der Waals surface area contributed by atoms with Gasteiger partial charge in [-0.05, 0) is 24.3 Å².